The van der Waals surface area contributed by atoms with Gasteiger partial charge in [0, 0.05) is 23.7 Å². The fourth-order valence-electron chi connectivity index (χ4n) is 2.17. The second-order valence-electron chi connectivity index (χ2n) is 5.43. The van der Waals surface area contributed by atoms with E-state index in [-0.39, 0.29) is 12.5 Å². The Labute approximate surface area is 161 Å². The minimum atomic E-state index is -2.42. The van der Waals surface area contributed by atoms with Crippen molar-refractivity contribution in [1.29, 1.82) is 0 Å². The second-order valence-corrected chi connectivity index (χ2v) is 6.53. The number of benzene rings is 2. The molecule has 2 rings (SSSR count). The lowest BCUT2D eigenvalue weighted by atomic mass is 10.1. The van der Waals surface area contributed by atoms with Gasteiger partial charge in [-0.2, -0.15) is 12.8 Å². The molecule has 0 spiro atoms. The van der Waals surface area contributed by atoms with Crippen LogP contribution in [0.2, 0.25) is 5.02 Å². The fourth-order valence-corrected chi connectivity index (χ4v) is 2.56. The Bertz CT molecular complexity index is 834. The fraction of sp³-hybridized carbons (Fsp3) is 0.316. The molecule has 0 N–H and O–H groups in total. The summed E-state index contributed by atoms with van der Waals surface area (Å²) in [5.74, 6) is -0.0508. The maximum atomic E-state index is 12.1. The van der Waals surface area contributed by atoms with Crippen molar-refractivity contribution in [3.63, 3.8) is 0 Å². The first-order valence-corrected chi connectivity index (χ1v) is 9.66. The smallest absolute Gasteiger partial charge is 0.311 e. The van der Waals surface area contributed by atoms with E-state index in [4.69, 9.17) is 11.6 Å². The molecule has 0 aromatic heterocycles. The molecule has 0 heterocycles. The molecule has 2 aromatic rings. The van der Waals surface area contributed by atoms with E-state index < -0.39 is 10.5 Å². The van der Waals surface area contributed by atoms with E-state index in [0.717, 1.165) is 10.6 Å². The summed E-state index contributed by atoms with van der Waals surface area (Å²) in [6.45, 7) is 7.18. The van der Waals surface area contributed by atoms with Gasteiger partial charge in [0.1, 0.15) is 0 Å². The Morgan fingerprint density at radius 2 is 1.73 bits per heavy atom. The minimum Gasteiger partial charge on any atom is -0.339 e. The number of carbonyl (C=O) groups is 1. The van der Waals surface area contributed by atoms with Crippen LogP contribution in [0, 0.1) is 6.92 Å². The van der Waals surface area contributed by atoms with Gasteiger partial charge in [0.2, 0.25) is 0 Å². The van der Waals surface area contributed by atoms with Crippen LogP contribution in [-0.4, -0.2) is 32.3 Å². The van der Waals surface area contributed by atoms with Gasteiger partial charge in [-0.25, -0.2) is 0 Å². The largest absolute Gasteiger partial charge is 0.339 e. The molecule has 0 bridgehead atoms. The van der Waals surface area contributed by atoms with Crippen LogP contribution in [0.4, 0.5) is 0 Å². The van der Waals surface area contributed by atoms with Crippen LogP contribution in [0.5, 0.6) is 0 Å². The molecule has 0 aliphatic carbocycles. The molecule has 0 unspecified atom stereocenters. The van der Waals surface area contributed by atoms with Crippen LogP contribution in [0.25, 0.3) is 0 Å². The van der Waals surface area contributed by atoms with Crippen molar-refractivity contribution in [2.45, 2.75) is 27.3 Å². The molecule has 26 heavy (non-hydrogen) atoms. The summed E-state index contributed by atoms with van der Waals surface area (Å²) in [6, 6.07) is 14.6. The Morgan fingerprint density at radius 3 is 2.23 bits per heavy atom. The number of amides is 1. The summed E-state index contributed by atoms with van der Waals surface area (Å²) in [5, 5.41) is 0.840. The number of rotatable bonds is 5. The van der Waals surface area contributed by atoms with Gasteiger partial charge < -0.3 is 4.90 Å². The van der Waals surface area contributed by atoms with Gasteiger partial charge in [0.15, 0.2) is 0 Å². The quantitative estimate of drug-likeness (QED) is 0.755. The van der Waals surface area contributed by atoms with E-state index in [1.807, 2.05) is 45.0 Å². The Balaban J connectivity index is 0.000000350. The lowest BCUT2D eigenvalue weighted by molar-refractivity contribution is 0.0773. The third-order valence-electron chi connectivity index (χ3n) is 3.65. The second kappa shape index (κ2) is 11.4. The van der Waals surface area contributed by atoms with Crippen LogP contribution in [-0.2, 0) is 17.0 Å². The van der Waals surface area contributed by atoms with E-state index in [0.29, 0.717) is 24.2 Å². The lowest BCUT2D eigenvalue weighted by Crippen LogP contribution is -2.30. The molecule has 5 nitrogen and oxygen atoms in total. The van der Waals surface area contributed by atoms with Crippen molar-refractivity contribution >= 4 is 28.0 Å². The normalized spacial score (nSPS) is 9.69. The highest BCUT2D eigenvalue weighted by atomic mass is 35.5. The molecule has 0 aliphatic rings. The third kappa shape index (κ3) is 7.37. The number of aryl methyl sites for hydroxylation is 1. The molecule has 7 heteroatoms. The summed E-state index contributed by atoms with van der Waals surface area (Å²) < 4.78 is 24.1. The van der Waals surface area contributed by atoms with E-state index in [2.05, 4.69) is 4.36 Å². The number of halogens is 1. The van der Waals surface area contributed by atoms with Crippen molar-refractivity contribution in [3.05, 3.63) is 70.2 Å². The molecule has 0 saturated carbocycles. The summed E-state index contributed by atoms with van der Waals surface area (Å²) in [5.41, 5.74) is 2.40. The van der Waals surface area contributed by atoms with Gasteiger partial charge in [0.05, 0.1) is 6.54 Å². The Kier molecular flexibility index (Phi) is 9.62. The minimum absolute atomic E-state index is 0.0508. The summed E-state index contributed by atoms with van der Waals surface area (Å²) in [7, 11) is -2.42. The van der Waals surface area contributed by atoms with E-state index in [9.17, 15) is 13.2 Å². The highest BCUT2D eigenvalue weighted by Crippen LogP contribution is 2.12. The monoisotopic (exact) mass is 394 g/mol. The van der Waals surface area contributed by atoms with E-state index in [1.54, 1.807) is 29.2 Å². The highest BCUT2D eigenvalue weighted by molar-refractivity contribution is 7.61. The molecule has 0 fully saturated rings. The SMILES string of the molecule is CCN(CC)C(=O)c1cccc(CN=S(=O)=O)c1.Cc1ccccc1Cl. The number of nitrogens with zero attached hydrogens (tertiary/aromatic N) is 2. The summed E-state index contributed by atoms with van der Waals surface area (Å²) in [4.78, 5) is 13.8. The Morgan fingerprint density at radius 1 is 1.08 bits per heavy atom. The third-order valence-corrected chi connectivity index (χ3v) is 4.42. The van der Waals surface area contributed by atoms with Crippen molar-refractivity contribution in [2.24, 2.45) is 4.36 Å². The van der Waals surface area contributed by atoms with Gasteiger partial charge in [-0.1, -0.05) is 41.9 Å². The zero-order chi connectivity index (χ0) is 19.5. The maximum Gasteiger partial charge on any atom is 0.311 e. The summed E-state index contributed by atoms with van der Waals surface area (Å²) >= 11 is 5.71. The van der Waals surface area contributed by atoms with Crippen molar-refractivity contribution < 1.29 is 13.2 Å². The molecule has 2 aromatic carbocycles. The van der Waals surface area contributed by atoms with E-state index >= 15 is 0 Å². The van der Waals surface area contributed by atoms with Crippen molar-refractivity contribution in [3.8, 4) is 0 Å². The first-order valence-electron chi connectivity index (χ1n) is 8.25. The standard InChI is InChI=1S/C12H16N2O3S.C7H7Cl/c1-3-14(4-2)12(15)11-7-5-6-10(8-11)9-13-18(16)17;1-6-4-2-3-5-7(6)8/h5-8H,3-4,9H2,1-2H3;2-5H,1H3. The van der Waals surface area contributed by atoms with Crippen LogP contribution in [0.3, 0.4) is 0 Å². The predicted octanol–water partition coefficient (Wildman–Crippen LogP) is 4.38. The van der Waals surface area contributed by atoms with Gasteiger partial charge in [-0.15, -0.1) is 0 Å². The summed E-state index contributed by atoms with van der Waals surface area (Å²) in [6.07, 6.45) is 0. The molecule has 1 amide bonds. The van der Waals surface area contributed by atoms with E-state index in [1.165, 1.54) is 0 Å². The van der Waals surface area contributed by atoms with Crippen LogP contribution in [0.15, 0.2) is 52.9 Å². The molecule has 0 radical (unpaired) electrons. The van der Waals surface area contributed by atoms with Gasteiger partial charge >= 0.3 is 10.5 Å². The maximum absolute atomic E-state index is 12.1. The molecule has 0 aliphatic heterocycles. The van der Waals surface area contributed by atoms with Crippen molar-refractivity contribution in [2.75, 3.05) is 13.1 Å². The first kappa shape index (κ1) is 21.9. The van der Waals surface area contributed by atoms with Crippen molar-refractivity contribution in [1.82, 2.24) is 4.90 Å². The molecular formula is C19H23ClN2O3S. The molecular weight excluding hydrogens is 372 g/mol. The number of hydrogen-bond donors (Lipinski definition) is 0. The van der Waals surface area contributed by atoms with Crippen LogP contribution < -0.4 is 0 Å². The molecule has 140 valence electrons. The zero-order valence-corrected chi connectivity index (χ0v) is 16.7. The average Bonchev–Trinajstić information content (AvgIpc) is 2.64. The zero-order valence-electron chi connectivity index (χ0n) is 15.1. The Hall–Kier alpha value is -2.18. The van der Waals surface area contributed by atoms with Gasteiger partial charge in [-0.05, 0) is 50.1 Å². The molecule has 0 atom stereocenters. The number of carbonyl (C=O) groups excluding carboxylic acids is 1. The number of hydrogen-bond acceptors (Lipinski definition) is 4. The van der Waals surface area contributed by atoms with Crippen LogP contribution in [0.1, 0.15) is 35.3 Å². The topological polar surface area (TPSA) is 66.8 Å². The van der Waals surface area contributed by atoms with Gasteiger partial charge in [0.25, 0.3) is 5.91 Å². The van der Waals surface area contributed by atoms with Crippen LogP contribution >= 0.6 is 11.6 Å². The van der Waals surface area contributed by atoms with Gasteiger partial charge in [-0.3, -0.25) is 4.79 Å². The highest BCUT2D eigenvalue weighted by Gasteiger charge is 2.12. The average molecular weight is 395 g/mol. The molecule has 0 saturated heterocycles. The predicted molar refractivity (Wildman–Crippen MR) is 105 cm³/mol. The first-order chi connectivity index (χ1) is 12.4. The lowest BCUT2D eigenvalue weighted by Gasteiger charge is -2.18.